The average molecular weight is 265 g/mol. The predicted octanol–water partition coefficient (Wildman–Crippen LogP) is 3.03. The number of rotatable bonds is 2. The zero-order valence-corrected chi connectivity index (χ0v) is 12.6. The van der Waals surface area contributed by atoms with Crippen LogP contribution < -0.4 is 5.56 Å². The van der Waals surface area contributed by atoms with E-state index >= 15 is 0 Å². The van der Waals surface area contributed by atoms with Gasteiger partial charge in [-0.15, -0.1) is 0 Å². The maximum Gasteiger partial charge on any atom is 0.250 e. The Labute approximate surface area is 114 Å². The minimum absolute atomic E-state index is 0.00438. The first-order valence-corrected chi connectivity index (χ1v) is 6.72. The highest BCUT2D eigenvalue weighted by Gasteiger charge is 2.49. The van der Waals surface area contributed by atoms with Gasteiger partial charge in [0.15, 0.2) is 6.29 Å². The Kier molecular flexibility index (Phi) is 3.35. The lowest BCUT2D eigenvalue weighted by atomic mass is 9.90. The second kappa shape index (κ2) is 4.46. The molecule has 0 amide bonds. The molecule has 4 nitrogen and oxygen atoms in total. The van der Waals surface area contributed by atoms with Crippen LogP contribution in [0.15, 0.2) is 23.1 Å². The molecule has 0 saturated carbocycles. The van der Waals surface area contributed by atoms with Gasteiger partial charge in [0.25, 0.3) is 5.56 Å². The Morgan fingerprint density at radius 1 is 1.11 bits per heavy atom. The van der Waals surface area contributed by atoms with Crippen molar-refractivity contribution in [3.8, 4) is 0 Å². The number of hydrogen-bond donors (Lipinski definition) is 0. The van der Waals surface area contributed by atoms with Crippen molar-refractivity contribution in [1.82, 2.24) is 4.57 Å². The Balaban J connectivity index is 2.35. The highest BCUT2D eigenvalue weighted by atomic mass is 16.7. The van der Waals surface area contributed by atoms with Gasteiger partial charge in [0.1, 0.15) is 0 Å². The molecular formula is C15H23NO3. The summed E-state index contributed by atoms with van der Waals surface area (Å²) in [4.78, 5) is 11.8. The lowest BCUT2D eigenvalue weighted by Gasteiger charge is -2.30. The molecule has 0 aromatic carbocycles. The molecule has 0 unspecified atom stereocenters. The number of pyridine rings is 1. The maximum atomic E-state index is 11.8. The third-order valence-corrected chi connectivity index (χ3v) is 4.04. The van der Waals surface area contributed by atoms with Gasteiger partial charge in [-0.2, -0.15) is 0 Å². The SMILES string of the molecule is CC(C)n1cc(C2OC(C)(C)C(C)(C)O2)ccc1=O. The molecule has 1 aromatic heterocycles. The molecule has 0 bridgehead atoms. The van der Waals surface area contributed by atoms with E-state index in [-0.39, 0.29) is 22.8 Å². The van der Waals surface area contributed by atoms with Gasteiger partial charge < -0.3 is 14.0 Å². The van der Waals surface area contributed by atoms with E-state index in [1.54, 1.807) is 16.7 Å². The van der Waals surface area contributed by atoms with Gasteiger partial charge in [-0.05, 0) is 47.6 Å². The average Bonchev–Trinajstić information content (AvgIpc) is 2.48. The smallest absolute Gasteiger partial charge is 0.250 e. The van der Waals surface area contributed by atoms with E-state index in [2.05, 4.69) is 0 Å². The number of aromatic nitrogens is 1. The van der Waals surface area contributed by atoms with Crippen molar-refractivity contribution >= 4 is 0 Å². The molecule has 4 heteroatoms. The summed E-state index contributed by atoms with van der Waals surface area (Å²) in [6.07, 6.45) is 1.41. The second-order valence-corrected chi connectivity index (χ2v) is 6.39. The second-order valence-electron chi connectivity index (χ2n) is 6.39. The summed E-state index contributed by atoms with van der Waals surface area (Å²) in [5.74, 6) is 0. The zero-order chi connectivity index (χ0) is 14.4. The van der Waals surface area contributed by atoms with E-state index in [4.69, 9.17) is 9.47 Å². The molecule has 0 N–H and O–H groups in total. The summed E-state index contributed by atoms with van der Waals surface area (Å²) < 4.78 is 13.7. The molecule has 0 aliphatic carbocycles. The van der Waals surface area contributed by atoms with Crippen LogP contribution in [0.25, 0.3) is 0 Å². The molecule has 106 valence electrons. The molecule has 0 radical (unpaired) electrons. The normalized spacial score (nSPS) is 22.1. The minimum atomic E-state index is -0.421. The Hall–Kier alpha value is -1.13. The van der Waals surface area contributed by atoms with E-state index in [0.717, 1.165) is 5.56 Å². The fourth-order valence-corrected chi connectivity index (χ4v) is 2.04. The van der Waals surface area contributed by atoms with Crippen LogP contribution in [0.1, 0.15) is 59.4 Å². The van der Waals surface area contributed by atoms with E-state index in [1.807, 2.05) is 47.7 Å². The first-order chi connectivity index (χ1) is 8.64. The predicted molar refractivity (Wildman–Crippen MR) is 74.2 cm³/mol. The van der Waals surface area contributed by atoms with Gasteiger partial charge in [0, 0.05) is 23.9 Å². The molecule has 1 fully saturated rings. The molecule has 0 spiro atoms. The van der Waals surface area contributed by atoms with E-state index < -0.39 is 6.29 Å². The van der Waals surface area contributed by atoms with Crippen LogP contribution in [0, 0.1) is 0 Å². The van der Waals surface area contributed by atoms with Crippen molar-refractivity contribution in [2.45, 2.75) is 65.1 Å². The topological polar surface area (TPSA) is 40.5 Å². The van der Waals surface area contributed by atoms with E-state index in [1.165, 1.54) is 0 Å². The Bertz CT molecular complexity index is 512. The summed E-state index contributed by atoms with van der Waals surface area (Å²) >= 11 is 0. The van der Waals surface area contributed by atoms with Crippen molar-refractivity contribution in [1.29, 1.82) is 0 Å². The molecular weight excluding hydrogens is 242 g/mol. The van der Waals surface area contributed by atoms with Crippen LogP contribution in [0.2, 0.25) is 0 Å². The first-order valence-electron chi connectivity index (χ1n) is 6.72. The van der Waals surface area contributed by atoms with E-state index in [9.17, 15) is 4.79 Å². The molecule has 1 saturated heterocycles. The molecule has 2 rings (SSSR count). The van der Waals surface area contributed by atoms with Crippen LogP contribution in [-0.4, -0.2) is 15.8 Å². The lowest BCUT2D eigenvalue weighted by molar-refractivity contribution is -0.0899. The van der Waals surface area contributed by atoms with Crippen LogP contribution in [0.5, 0.6) is 0 Å². The van der Waals surface area contributed by atoms with E-state index in [0.29, 0.717) is 0 Å². The third-order valence-electron chi connectivity index (χ3n) is 4.04. The summed E-state index contributed by atoms with van der Waals surface area (Å²) in [7, 11) is 0. The van der Waals surface area contributed by atoms with Crippen molar-refractivity contribution < 1.29 is 9.47 Å². The number of ether oxygens (including phenoxy) is 2. The van der Waals surface area contributed by atoms with Gasteiger partial charge in [-0.1, -0.05) is 0 Å². The zero-order valence-electron chi connectivity index (χ0n) is 12.6. The first kappa shape index (κ1) is 14.3. The van der Waals surface area contributed by atoms with Crippen molar-refractivity contribution in [3.63, 3.8) is 0 Å². The molecule has 2 heterocycles. The monoisotopic (exact) mass is 265 g/mol. The molecule has 1 aromatic rings. The highest BCUT2D eigenvalue weighted by Crippen LogP contribution is 2.44. The van der Waals surface area contributed by atoms with Crippen molar-refractivity contribution in [2.24, 2.45) is 0 Å². The number of nitrogens with zero attached hydrogens (tertiary/aromatic N) is 1. The van der Waals surface area contributed by atoms with Crippen molar-refractivity contribution in [2.75, 3.05) is 0 Å². The van der Waals surface area contributed by atoms with Crippen LogP contribution in [-0.2, 0) is 9.47 Å². The molecule has 19 heavy (non-hydrogen) atoms. The quantitative estimate of drug-likeness (QED) is 0.825. The maximum absolute atomic E-state index is 11.8. The van der Waals surface area contributed by atoms with Gasteiger partial charge in [-0.3, -0.25) is 4.79 Å². The molecule has 0 atom stereocenters. The van der Waals surface area contributed by atoms with Gasteiger partial charge in [0.05, 0.1) is 11.2 Å². The fraction of sp³-hybridized carbons (Fsp3) is 0.667. The largest absolute Gasteiger partial charge is 0.339 e. The Morgan fingerprint density at radius 2 is 1.63 bits per heavy atom. The molecule has 1 aliphatic heterocycles. The lowest BCUT2D eigenvalue weighted by Crippen LogP contribution is -2.41. The summed E-state index contributed by atoms with van der Waals surface area (Å²) in [5.41, 5.74) is 0.148. The van der Waals surface area contributed by atoms with Gasteiger partial charge in [-0.25, -0.2) is 0 Å². The highest BCUT2D eigenvalue weighted by molar-refractivity contribution is 5.15. The van der Waals surface area contributed by atoms with Gasteiger partial charge >= 0.3 is 0 Å². The third kappa shape index (κ3) is 2.47. The fourth-order valence-electron chi connectivity index (χ4n) is 2.04. The standard InChI is InChI=1S/C15H23NO3/c1-10(2)16-9-11(7-8-12(16)17)13-18-14(3,4)15(5,6)19-13/h7-10,13H,1-6H3. The number of hydrogen-bond acceptors (Lipinski definition) is 3. The van der Waals surface area contributed by atoms with Crippen molar-refractivity contribution in [3.05, 3.63) is 34.2 Å². The Morgan fingerprint density at radius 3 is 2.11 bits per heavy atom. The van der Waals surface area contributed by atoms with Crippen LogP contribution in [0.4, 0.5) is 0 Å². The summed E-state index contributed by atoms with van der Waals surface area (Å²) in [6, 6.07) is 3.47. The molecule has 1 aliphatic rings. The van der Waals surface area contributed by atoms with Crippen LogP contribution >= 0.6 is 0 Å². The summed E-state index contributed by atoms with van der Waals surface area (Å²) in [5, 5.41) is 0. The van der Waals surface area contributed by atoms with Gasteiger partial charge in [0.2, 0.25) is 0 Å². The van der Waals surface area contributed by atoms with Crippen LogP contribution in [0.3, 0.4) is 0 Å². The summed E-state index contributed by atoms with van der Waals surface area (Å²) in [6.45, 7) is 12.0. The minimum Gasteiger partial charge on any atom is -0.339 e.